The summed E-state index contributed by atoms with van der Waals surface area (Å²) in [6.07, 6.45) is 3.66. The molecule has 0 unspecified atom stereocenters. The first-order valence-electron chi connectivity index (χ1n) is 4.90. The number of rotatable bonds is 4. The van der Waals surface area contributed by atoms with Gasteiger partial charge in [-0.15, -0.1) is 0 Å². The fraction of sp³-hybridized carbons (Fsp3) is 0.0769. The fourth-order valence-electron chi connectivity index (χ4n) is 1.10. The number of hydrogen-bond donors (Lipinski definition) is 1. The molecule has 0 aliphatic rings. The molecule has 1 aromatic rings. The van der Waals surface area contributed by atoms with E-state index in [-0.39, 0.29) is 5.76 Å². The van der Waals surface area contributed by atoms with Crippen molar-refractivity contribution >= 4 is 17.5 Å². The van der Waals surface area contributed by atoms with Gasteiger partial charge in [-0.05, 0) is 12.2 Å². The number of carbonyl (C=O) groups is 2. The van der Waals surface area contributed by atoms with Crippen molar-refractivity contribution in [3.8, 4) is 0 Å². The number of ketones is 1. The number of allylic oxidation sites excluding steroid dienone is 2. The topological polar surface area (TPSA) is 63.6 Å². The lowest BCUT2D eigenvalue weighted by atomic mass is 10.2. The molecule has 0 saturated heterocycles. The third-order valence-electron chi connectivity index (χ3n) is 1.96. The average molecular weight is 232 g/mol. The van der Waals surface area contributed by atoms with Crippen molar-refractivity contribution in [2.45, 2.75) is 0 Å². The lowest BCUT2D eigenvalue weighted by Crippen LogP contribution is -2.11. The summed E-state index contributed by atoms with van der Waals surface area (Å²) >= 11 is 0. The summed E-state index contributed by atoms with van der Waals surface area (Å²) in [6.45, 7) is 0. The molecule has 0 radical (unpaired) electrons. The Morgan fingerprint density at radius 3 is 2.47 bits per heavy atom. The van der Waals surface area contributed by atoms with Crippen LogP contribution in [0.3, 0.4) is 0 Å². The summed E-state index contributed by atoms with van der Waals surface area (Å²) in [4.78, 5) is 21.8. The second-order valence-corrected chi connectivity index (χ2v) is 3.13. The van der Waals surface area contributed by atoms with Crippen LogP contribution in [-0.4, -0.2) is 24.0 Å². The van der Waals surface area contributed by atoms with Crippen molar-refractivity contribution in [2.75, 3.05) is 7.11 Å². The normalized spacial score (nSPS) is 11.5. The van der Waals surface area contributed by atoms with Crippen molar-refractivity contribution < 1.29 is 19.4 Å². The second kappa shape index (κ2) is 6.27. The lowest BCUT2D eigenvalue weighted by Gasteiger charge is -1.97. The number of methoxy groups -OCH3 is 1. The number of aliphatic hydroxyl groups is 1. The van der Waals surface area contributed by atoms with Gasteiger partial charge in [0.1, 0.15) is 5.76 Å². The van der Waals surface area contributed by atoms with Crippen molar-refractivity contribution in [3.63, 3.8) is 0 Å². The molecule has 0 amide bonds. The summed E-state index contributed by atoms with van der Waals surface area (Å²) in [6, 6.07) is 8.84. The standard InChI is InChI=1S/C13H12O4/c1-17-13(16)12(15)9-5-8-11(14)10-6-3-2-4-7-10/h2-9,14H,1H3/b9-5+,11-8-. The number of carbonyl (C=O) groups excluding carboxylic acids is 2. The molecule has 4 heteroatoms. The Bertz CT molecular complexity index is 458. The minimum atomic E-state index is -0.936. The van der Waals surface area contributed by atoms with E-state index < -0.39 is 11.8 Å². The first-order valence-corrected chi connectivity index (χ1v) is 4.90. The van der Waals surface area contributed by atoms with E-state index in [1.165, 1.54) is 12.2 Å². The first-order chi connectivity index (χ1) is 8.15. The predicted molar refractivity (Wildman–Crippen MR) is 63.2 cm³/mol. The predicted octanol–water partition coefficient (Wildman–Crippen LogP) is 1.88. The van der Waals surface area contributed by atoms with Crippen LogP contribution in [0.25, 0.3) is 5.76 Å². The number of ether oxygens (including phenoxy) is 1. The van der Waals surface area contributed by atoms with E-state index in [1.54, 1.807) is 24.3 Å². The third kappa shape index (κ3) is 3.95. The van der Waals surface area contributed by atoms with Gasteiger partial charge < -0.3 is 9.84 Å². The molecule has 0 saturated carbocycles. The van der Waals surface area contributed by atoms with E-state index >= 15 is 0 Å². The summed E-state index contributed by atoms with van der Waals surface area (Å²) < 4.78 is 4.23. The van der Waals surface area contributed by atoms with Gasteiger partial charge in [0.05, 0.1) is 7.11 Å². The Labute approximate surface area is 98.8 Å². The van der Waals surface area contributed by atoms with Gasteiger partial charge in [-0.2, -0.15) is 0 Å². The maximum Gasteiger partial charge on any atom is 0.378 e. The zero-order valence-electron chi connectivity index (χ0n) is 9.29. The largest absolute Gasteiger partial charge is 0.507 e. The zero-order chi connectivity index (χ0) is 12.7. The molecule has 0 atom stereocenters. The van der Waals surface area contributed by atoms with E-state index in [2.05, 4.69) is 4.74 Å². The molecule has 4 nitrogen and oxygen atoms in total. The highest BCUT2D eigenvalue weighted by molar-refractivity contribution is 6.38. The third-order valence-corrected chi connectivity index (χ3v) is 1.96. The Balaban J connectivity index is 2.69. The van der Waals surface area contributed by atoms with Gasteiger partial charge in [-0.1, -0.05) is 36.4 Å². The zero-order valence-corrected chi connectivity index (χ0v) is 9.29. The lowest BCUT2D eigenvalue weighted by molar-refractivity contribution is -0.149. The number of esters is 1. The number of hydrogen-bond acceptors (Lipinski definition) is 4. The van der Waals surface area contributed by atoms with E-state index in [1.807, 2.05) is 6.07 Å². The highest BCUT2D eigenvalue weighted by Gasteiger charge is 2.08. The summed E-state index contributed by atoms with van der Waals surface area (Å²) in [5.41, 5.74) is 0.627. The maximum absolute atomic E-state index is 11.0. The second-order valence-electron chi connectivity index (χ2n) is 3.13. The van der Waals surface area contributed by atoms with Crippen LogP contribution in [0.5, 0.6) is 0 Å². The highest BCUT2D eigenvalue weighted by atomic mass is 16.5. The molecule has 0 aromatic heterocycles. The minimum Gasteiger partial charge on any atom is -0.507 e. The molecular formula is C13H12O4. The Kier molecular flexibility index (Phi) is 4.69. The number of benzene rings is 1. The molecule has 0 heterocycles. The molecule has 1 rings (SSSR count). The van der Waals surface area contributed by atoms with Crippen molar-refractivity contribution in [1.29, 1.82) is 0 Å². The van der Waals surface area contributed by atoms with Crippen molar-refractivity contribution in [2.24, 2.45) is 0 Å². The van der Waals surface area contributed by atoms with E-state index in [0.29, 0.717) is 5.56 Å². The van der Waals surface area contributed by atoms with Gasteiger partial charge in [0.2, 0.25) is 0 Å². The number of aliphatic hydroxyl groups excluding tert-OH is 1. The molecular weight excluding hydrogens is 220 g/mol. The van der Waals surface area contributed by atoms with E-state index in [4.69, 9.17) is 0 Å². The van der Waals surface area contributed by atoms with Gasteiger partial charge in [0, 0.05) is 5.56 Å². The van der Waals surface area contributed by atoms with Crippen LogP contribution in [0.1, 0.15) is 5.56 Å². The Morgan fingerprint density at radius 1 is 1.24 bits per heavy atom. The summed E-state index contributed by atoms with van der Waals surface area (Å²) in [5.74, 6) is -1.70. The van der Waals surface area contributed by atoms with Gasteiger partial charge in [0.25, 0.3) is 5.78 Å². The van der Waals surface area contributed by atoms with Crippen LogP contribution in [0.4, 0.5) is 0 Å². The van der Waals surface area contributed by atoms with Gasteiger partial charge >= 0.3 is 5.97 Å². The van der Waals surface area contributed by atoms with Crippen LogP contribution >= 0.6 is 0 Å². The molecule has 1 aromatic carbocycles. The maximum atomic E-state index is 11.0. The monoisotopic (exact) mass is 232 g/mol. The highest BCUT2D eigenvalue weighted by Crippen LogP contribution is 2.09. The van der Waals surface area contributed by atoms with Crippen LogP contribution in [-0.2, 0) is 14.3 Å². The molecule has 1 N–H and O–H groups in total. The molecule has 0 aliphatic heterocycles. The summed E-state index contributed by atoms with van der Waals surface area (Å²) in [5, 5.41) is 9.61. The van der Waals surface area contributed by atoms with Gasteiger partial charge in [-0.3, -0.25) is 4.79 Å². The fourth-order valence-corrected chi connectivity index (χ4v) is 1.10. The molecule has 0 fully saturated rings. The molecule has 88 valence electrons. The van der Waals surface area contributed by atoms with Crippen LogP contribution in [0, 0.1) is 0 Å². The van der Waals surface area contributed by atoms with Crippen molar-refractivity contribution in [3.05, 3.63) is 54.1 Å². The minimum absolute atomic E-state index is 0.0134. The van der Waals surface area contributed by atoms with Crippen molar-refractivity contribution in [1.82, 2.24) is 0 Å². The van der Waals surface area contributed by atoms with Gasteiger partial charge in [0.15, 0.2) is 0 Å². The van der Waals surface area contributed by atoms with E-state index in [9.17, 15) is 14.7 Å². The Morgan fingerprint density at radius 2 is 1.88 bits per heavy atom. The first kappa shape index (κ1) is 12.7. The molecule has 0 bridgehead atoms. The van der Waals surface area contributed by atoms with E-state index in [0.717, 1.165) is 13.2 Å². The average Bonchev–Trinajstić information content (AvgIpc) is 2.38. The molecule has 17 heavy (non-hydrogen) atoms. The van der Waals surface area contributed by atoms with Crippen LogP contribution < -0.4 is 0 Å². The van der Waals surface area contributed by atoms with Crippen LogP contribution in [0.15, 0.2) is 48.6 Å². The van der Waals surface area contributed by atoms with Gasteiger partial charge in [-0.25, -0.2) is 4.79 Å². The summed E-state index contributed by atoms with van der Waals surface area (Å²) in [7, 11) is 1.13. The smallest absolute Gasteiger partial charge is 0.378 e. The Hall–Kier alpha value is -2.36. The molecule has 0 spiro atoms. The molecule has 0 aliphatic carbocycles. The quantitative estimate of drug-likeness (QED) is 0.283. The van der Waals surface area contributed by atoms with Crippen LogP contribution in [0.2, 0.25) is 0 Å². The SMILES string of the molecule is COC(=O)C(=O)/C=C/C=C(\O)c1ccccc1.